The van der Waals surface area contributed by atoms with Crippen LogP contribution in [0.4, 0.5) is 0 Å². The van der Waals surface area contributed by atoms with Crippen molar-refractivity contribution in [1.82, 2.24) is 4.98 Å². The average Bonchev–Trinajstić information content (AvgIpc) is 2.91. The van der Waals surface area contributed by atoms with Gasteiger partial charge in [-0.3, -0.25) is 4.79 Å². The van der Waals surface area contributed by atoms with E-state index in [0.717, 1.165) is 9.90 Å². The number of hydrogen-bond acceptors (Lipinski definition) is 6. The van der Waals surface area contributed by atoms with E-state index in [0.29, 0.717) is 17.2 Å². The van der Waals surface area contributed by atoms with Crippen LogP contribution in [-0.4, -0.2) is 34.0 Å². The lowest BCUT2D eigenvalue weighted by molar-refractivity contribution is -0.136. The second-order valence-corrected chi connectivity index (χ2v) is 6.40. The van der Waals surface area contributed by atoms with E-state index < -0.39 is 12.1 Å². The zero-order chi connectivity index (χ0) is 15.2. The smallest absolute Gasteiger partial charge is 0.309 e. The number of nitrogens with zero attached hydrogens (tertiary/aromatic N) is 1. The summed E-state index contributed by atoms with van der Waals surface area (Å²) < 4.78 is 5.88. The number of rotatable bonds is 7. The van der Waals surface area contributed by atoms with Gasteiger partial charge in [0.1, 0.15) is 10.1 Å². The average molecular weight is 325 g/mol. The summed E-state index contributed by atoms with van der Waals surface area (Å²) >= 11 is 2.80. The first-order valence-electron chi connectivity index (χ1n) is 6.19. The van der Waals surface area contributed by atoms with Gasteiger partial charge in [-0.1, -0.05) is 23.9 Å². The second-order valence-electron chi connectivity index (χ2n) is 4.28. The maximum atomic E-state index is 10.6. The molecule has 0 aliphatic rings. The van der Waals surface area contributed by atoms with Crippen LogP contribution in [0.5, 0.6) is 5.75 Å². The van der Waals surface area contributed by atoms with E-state index in [1.54, 1.807) is 18.6 Å². The summed E-state index contributed by atoms with van der Waals surface area (Å²) in [5, 5.41) is 20.6. The number of hydrogen-bond donors (Lipinski definition) is 2. The van der Waals surface area contributed by atoms with E-state index in [-0.39, 0.29) is 6.42 Å². The molecule has 0 spiro atoms. The highest BCUT2D eigenvalue weighted by Crippen LogP contribution is 2.28. The fourth-order valence-corrected chi connectivity index (χ4v) is 3.52. The van der Waals surface area contributed by atoms with Crippen LogP contribution >= 0.6 is 23.1 Å². The summed E-state index contributed by atoms with van der Waals surface area (Å²) in [5.41, 5.74) is 1.33. The Hall–Kier alpha value is -1.57. The van der Waals surface area contributed by atoms with Gasteiger partial charge in [0.15, 0.2) is 0 Å². The number of carbonyl (C=O) groups is 1. The number of aromatic nitrogens is 1. The largest absolute Gasteiger partial charge is 0.497 e. The fraction of sp³-hybridized carbons (Fsp3) is 0.286. The van der Waals surface area contributed by atoms with Gasteiger partial charge in [0, 0.05) is 11.1 Å². The minimum Gasteiger partial charge on any atom is -0.497 e. The van der Waals surface area contributed by atoms with Crippen LogP contribution in [0.2, 0.25) is 0 Å². The molecule has 2 N–H and O–H groups in total. The van der Waals surface area contributed by atoms with Gasteiger partial charge in [-0.15, -0.1) is 11.3 Å². The molecule has 2 aromatic rings. The lowest BCUT2D eigenvalue weighted by Gasteiger charge is -2.10. The van der Waals surface area contributed by atoms with Gasteiger partial charge in [-0.2, -0.15) is 0 Å². The molecule has 1 atom stereocenters. The van der Waals surface area contributed by atoms with Gasteiger partial charge in [0.2, 0.25) is 0 Å². The van der Waals surface area contributed by atoms with Crippen LogP contribution in [0.1, 0.15) is 17.4 Å². The van der Waals surface area contributed by atoms with Crippen LogP contribution < -0.4 is 4.74 Å². The number of aliphatic carboxylic acids is 1. The summed E-state index contributed by atoms with van der Waals surface area (Å²) in [7, 11) is 1.58. The van der Waals surface area contributed by atoms with Crippen molar-refractivity contribution in [2.45, 2.75) is 16.9 Å². The van der Waals surface area contributed by atoms with E-state index in [1.165, 1.54) is 23.1 Å². The number of methoxy groups -OCH3 is 1. The van der Waals surface area contributed by atoms with Crippen molar-refractivity contribution in [2.75, 3.05) is 12.9 Å². The van der Waals surface area contributed by atoms with Crippen molar-refractivity contribution in [3.8, 4) is 5.75 Å². The highest BCUT2D eigenvalue weighted by Gasteiger charge is 2.12. The molecule has 0 radical (unpaired) electrons. The van der Waals surface area contributed by atoms with Crippen molar-refractivity contribution < 1.29 is 19.7 Å². The molecular formula is C14H15NO4S2. The number of carboxylic acids is 1. The number of thiazole rings is 1. The van der Waals surface area contributed by atoms with Crippen LogP contribution in [-0.2, 0) is 11.2 Å². The molecular weight excluding hydrogens is 310 g/mol. The lowest BCUT2D eigenvalue weighted by atomic mass is 10.1. The third kappa shape index (κ3) is 4.73. The van der Waals surface area contributed by atoms with Crippen molar-refractivity contribution in [3.63, 3.8) is 0 Å². The molecule has 5 nitrogen and oxygen atoms in total. The Kier molecular flexibility index (Phi) is 5.60. The van der Waals surface area contributed by atoms with Gasteiger partial charge in [0.25, 0.3) is 0 Å². The second kappa shape index (κ2) is 7.44. The molecule has 1 heterocycles. The minimum absolute atomic E-state index is 0.0739. The molecule has 0 bridgehead atoms. The summed E-state index contributed by atoms with van der Waals surface area (Å²) in [4.78, 5) is 14.8. The first-order valence-corrected chi connectivity index (χ1v) is 8.06. The molecule has 0 saturated heterocycles. The van der Waals surface area contributed by atoms with Crippen LogP contribution in [0, 0.1) is 0 Å². The lowest BCUT2D eigenvalue weighted by Crippen LogP contribution is -2.01. The standard InChI is InChI=1S/C14H15NO4S2/c1-19-11-4-2-3-9(5-11)12(16)8-21-14-15-10(7-20-14)6-13(17)18/h2-5,7,12,16H,6,8H2,1H3,(H,17,18). The zero-order valence-electron chi connectivity index (χ0n) is 11.4. The molecule has 0 aliphatic carbocycles. The van der Waals surface area contributed by atoms with E-state index in [2.05, 4.69) is 4.98 Å². The maximum Gasteiger partial charge on any atom is 0.309 e. The highest BCUT2D eigenvalue weighted by atomic mass is 32.2. The predicted molar refractivity (Wildman–Crippen MR) is 82.1 cm³/mol. The molecule has 1 aromatic heterocycles. The molecule has 7 heteroatoms. The highest BCUT2D eigenvalue weighted by molar-refractivity contribution is 8.01. The Labute approximate surface area is 130 Å². The van der Waals surface area contributed by atoms with Gasteiger partial charge in [0.05, 0.1) is 25.3 Å². The summed E-state index contributed by atoms with van der Waals surface area (Å²) in [6.07, 6.45) is -0.702. The van der Waals surface area contributed by atoms with Gasteiger partial charge in [-0.05, 0) is 17.7 Å². The zero-order valence-corrected chi connectivity index (χ0v) is 13.0. The van der Waals surface area contributed by atoms with Crippen LogP contribution in [0.3, 0.4) is 0 Å². The van der Waals surface area contributed by atoms with Crippen LogP contribution in [0.25, 0.3) is 0 Å². The van der Waals surface area contributed by atoms with E-state index >= 15 is 0 Å². The van der Waals surface area contributed by atoms with E-state index in [4.69, 9.17) is 9.84 Å². The number of aliphatic hydroxyl groups is 1. The van der Waals surface area contributed by atoms with Crippen molar-refractivity contribution >= 4 is 29.1 Å². The molecule has 0 aliphatic heterocycles. The van der Waals surface area contributed by atoms with Gasteiger partial charge < -0.3 is 14.9 Å². The van der Waals surface area contributed by atoms with Crippen molar-refractivity contribution in [2.24, 2.45) is 0 Å². The predicted octanol–water partition coefficient (Wildman–Crippen LogP) is 2.60. The number of carboxylic acid groups (broad SMARTS) is 1. The molecule has 0 amide bonds. The quantitative estimate of drug-likeness (QED) is 0.762. The molecule has 2 rings (SSSR count). The summed E-state index contributed by atoms with van der Waals surface area (Å²) in [6.45, 7) is 0. The number of thioether (sulfide) groups is 1. The minimum atomic E-state index is -0.895. The first kappa shape index (κ1) is 15.8. The molecule has 21 heavy (non-hydrogen) atoms. The Morgan fingerprint density at radius 1 is 1.52 bits per heavy atom. The molecule has 1 unspecified atom stereocenters. The molecule has 112 valence electrons. The first-order chi connectivity index (χ1) is 10.1. The van der Waals surface area contributed by atoms with Crippen LogP contribution in [0.15, 0.2) is 34.0 Å². The number of aliphatic hydroxyl groups excluding tert-OH is 1. The normalized spacial score (nSPS) is 12.1. The van der Waals surface area contributed by atoms with Crippen molar-refractivity contribution in [1.29, 1.82) is 0 Å². The Morgan fingerprint density at radius 2 is 2.33 bits per heavy atom. The van der Waals surface area contributed by atoms with Gasteiger partial charge in [-0.25, -0.2) is 4.98 Å². The van der Waals surface area contributed by atoms with E-state index in [9.17, 15) is 9.90 Å². The Balaban J connectivity index is 1.92. The fourth-order valence-electron chi connectivity index (χ4n) is 1.69. The molecule has 0 fully saturated rings. The van der Waals surface area contributed by atoms with Gasteiger partial charge >= 0.3 is 5.97 Å². The Bertz CT molecular complexity index is 615. The third-order valence-corrected chi connectivity index (χ3v) is 4.85. The Morgan fingerprint density at radius 3 is 3.05 bits per heavy atom. The monoisotopic (exact) mass is 325 g/mol. The molecule has 1 aromatic carbocycles. The molecule has 0 saturated carbocycles. The summed E-state index contributed by atoms with van der Waals surface area (Å²) in [5.74, 6) is 0.260. The third-order valence-electron chi connectivity index (χ3n) is 2.71. The number of ether oxygens (including phenoxy) is 1. The number of benzene rings is 1. The van der Waals surface area contributed by atoms with E-state index in [1.807, 2.05) is 18.2 Å². The maximum absolute atomic E-state index is 10.6. The van der Waals surface area contributed by atoms with Crippen molar-refractivity contribution in [3.05, 3.63) is 40.9 Å². The summed E-state index contributed by atoms with van der Waals surface area (Å²) in [6, 6.07) is 7.28. The topological polar surface area (TPSA) is 79.7 Å². The SMILES string of the molecule is COc1cccc(C(O)CSc2nc(CC(=O)O)cs2)c1.